The van der Waals surface area contributed by atoms with E-state index in [2.05, 4.69) is 24.1 Å². The number of amides is 2. The van der Waals surface area contributed by atoms with Crippen LogP contribution in [0.25, 0.3) is 0 Å². The molecule has 0 aliphatic carbocycles. The summed E-state index contributed by atoms with van der Waals surface area (Å²) < 4.78 is 7.62. The summed E-state index contributed by atoms with van der Waals surface area (Å²) in [5.74, 6) is -3.50. The van der Waals surface area contributed by atoms with Gasteiger partial charge in [0.1, 0.15) is 22.8 Å². The lowest BCUT2D eigenvalue weighted by Crippen LogP contribution is -2.71. The van der Waals surface area contributed by atoms with Gasteiger partial charge >= 0.3 is 11.9 Å². The Morgan fingerprint density at radius 2 is 2.21 bits per heavy atom. The fourth-order valence-corrected chi connectivity index (χ4v) is 5.25. The Hall–Kier alpha value is -2.65. The highest BCUT2D eigenvalue weighted by molar-refractivity contribution is 8.05. The van der Waals surface area contributed by atoms with E-state index in [1.165, 1.54) is 29.7 Å². The van der Waals surface area contributed by atoms with Gasteiger partial charge in [-0.1, -0.05) is 5.16 Å². The number of carbonyl (C=O) groups is 4. The maximum atomic E-state index is 12.6. The summed E-state index contributed by atoms with van der Waals surface area (Å²) >= 11 is 3.38. The Morgan fingerprint density at radius 1 is 1.45 bits per heavy atom. The first-order valence-electron chi connectivity index (χ1n) is 7.80. The van der Waals surface area contributed by atoms with Gasteiger partial charge in [0, 0.05) is 10.7 Å². The van der Waals surface area contributed by atoms with Gasteiger partial charge in [-0.15, -0.1) is 23.5 Å². The van der Waals surface area contributed by atoms with E-state index in [0.29, 0.717) is 10.7 Å². The second-order valence-corrected chi connectivity index (χ2v) is 8.10. The Kier molecular flexibility index (Phi) is 6.39. The number of rotatable bonds is 8. The number of hydrogen-bond donors (Lipinski definition) is 3. The highest BCUT2D eigenvalue weighted by atomic mass is 32.2. The lowest BCUT2D eigenvalue weighted by molar-refractivity contribution is -0.150. The number of fused-ring (bicyclic) bond motifs is 1. The summed E-state index contributed by atoms with van der Waals surface area (Å²) in [5, 5.41) is 23.5. The molecule has 0 aromatic carbocycles. The average Bonchev–Trinajstić information content (AvgIpc) is 3.21. The van der Waals surface area contributed by atoms with Gasteiger partial charge in [-0.05, 0) is 6.26 Å². The molecule has 0 spiro atoms. The number of β-lactam (4-membered cyclic amide) rings is 1. The van der Waals surface area contributed by atoms with E-state index < -0.39 is 41.8 Å². The normalized spacial score (nSPS) is 21.3. The molecule has 1 fully saturated rings. The topological polar surface area (TPSA) is 171 Å². The van der Waals surface area contributed by atoms with Crippen molar-refractivity contribution in [2.75, 3.05) is 18.6 Å². The van der Waals surface area contributed by atoms with E-state index in [-0.39, 0.29) is 17.1 Å². The molecular weight excluding hydrogens is 446 g/mol. The van der Waals surface area contributed by atoms with Crippen molar-refractivity contribution in [1.82, 2.24) is 19.0 Å². The van der Waals surface area contributed by atoms with Crippen LogP contribution in [0.5, 0.6) is 0 Å². The zero-order chi connectivity index (χ0) is 21.1. The molecule has 12 nitrogen and oxygen atoms in total. The van der Waals surface area contributed by atoms with Crippen LogP contribution in [0, 0.1) is 0 Å². The van der Waals surface area contributed by atoms with E-state index >= 15 is 0 Å². The van der Waals surface area contributed by atoms with Crippen molar-refractivity contribution >= 4 is 64.7 Å². The Bertz CT molecular complexity index is 917. The molecule has 1 unspecified atom stereocenters. The van der Waals surface area contributed by atoms with Gasteiger partial charge in [-0.2, -0.15) is 8.75 Å². The van der Waals surface area contributed by atoms with Gasteiger partial charge in [-0.25, -0.2) is 9.59 Å². The molecule has 3 heterocycles. The molecule has 2 aliphatic heterocycles. The van der Waals surface area contributed by atoms with Crippen LogP contribution in [-0.2, 0) is 24.0 Å². The van der Waals surface area contributed by atoms with Crippen LogP contribution < -0.4 is 5.32 Å². The molecule has 3 rings (SSSR count). The fraction of sp³-hybridized carbons (Fsp3) is 0.357. The summed E-state index contributed by atoms with van der Waals surface area (Å²) in [5.41, 5.74) is -0.376. The lowest BCUT2D eigenvalue weighted by atomic mass is 10.0. The number of thioether (sulfide) groups is 2. The molecule has 0 bridgehead atoms. The fourth-order valence-electron chi connectivity index (χ4n) is 2.58. The van der Waals surface area contributed by atoms with Gasteiger partial charge in [0.05, 0.1) is 17.9 Å². The van der Waals surface area contributed by atoms with E-state index in [0.717, 1.165) is 16.6 Å². The smallest absolute Gasteiger partial charge is 0.353 e. The minimum atomic E-state index is -1.29. The number of carbonyl (C=O) groups excluding carboxylic acids is 2. The summed E-state index contributed by atoms with van der Waals surface area (Å²) in [6.45, 7) is -0.771. The van der Waals surface area contributed by atoms with Crippen LogP contribution in [0.3, 0.4) is 0 Å². The van der Waals surface area contributed by atoms with Crippen LogP contribution in [0.15, 0.2) is 22.0 Å². The minimum Gasteiger partial charge on any atom is -0.479 e. The van der Waals surface area contributed by atoms with Crippen molar-refractivity contribution in [2.24, 2.45) is 5.16 Å². The van der Waals surface area contributed by atoms with Crippen molar-refractivity contribution in [3.05, 3.63) is 22.5 Å². The van der Waals surface area contributed by atoms with Crippen LogP contribution in [0.1, 0.15) is 5.69 Å². The minimum absolute atomic E-state index is 0.0496. The lowest BCUT2D eigenvalue weighted by Gasteiger charge is -2.49. The third-order valence-electron chi connectivity index (χ3n) is 3.83. The molecule has 1 aromatic rings. The van der Waals surface area contributed by atoms with Crippen molar-refractivity contribution in [2.45, 2.75) is 11.4 Å². The van der Waals surface area contributed by atoms with Crippen LogP contribution in [0.2, 0.25) is 0 Å². The molecule has 1 aromatic heterocycles. The first kappa shape index (κ1) is 21.1. The number of hydrogen-bond acceptors (Lipinski definition) is 11. The Morgan fingerprint density at radius 3 is 2.79 bits per heavy atom. The van der Waals surface area contributed by atoms with E-state index in [9.17, 15) is 24.3 Å². The highest BCUT2D eigenvalue weighted by Gasteiger charge is 2.54. The van der Waals surface area contributed by atoms with E-state index in [1.54, 1.807) is 6.26 Å². The predicted octanol–water partition coefficient (Wildman–Crippen LogP) is -0.597. The van der Waals surface area contributed by atoms with Crippen molar-refractivity contribution < 1.29 is 34.2 Å². The first-order valence-corrected chi connectivity index (χ1v) is 10.8. The molecule has 2 aliphatic rings. The third kappa shape index (κ3) is 4.20. The molecule has 29 heavy (non-hydrogen) atoms. The number of carboxylic acids is 2. The molecule has 154 valence electrons. The molecule has 3 N–H and O–H groups in total. The molecule has 2 amide bonds. The predicted molar refractivity (Wildman–Crippen MR) is 103 cm³/mol. The molecular formula is C14H13N5O7S3. The molecule has 0 saturated carbocycles. The molecule has 0 radical (unpaired) electrons. The van der Waals surface area contributed by atoms with Crippen molar-refractivity contribution in [1.29, 1.82) is 0 Å². The summed E-state index contributed by atoms with van der Waals surface area (Å²) in [7, 11) is 0. The van der Waals surface area contributed by atoms with Crippen LogP contribution in [-0.4, -0.2) is 83.4 Å². The quantitative estimate of drug-likeness (QED) is 0.257. The highest BCUT2D eigenvalue weighted by Crippen LogP contribution is 2.42. The third-order valence-corrected chi connectivity index (χ3v) is 6.60. The van der Waals surface area contributed by atoms with E-state index in [4.69, 9.17) is 5.11 Å². The van der Waals surface area contributed by atoms with Gasteiger partial charge in [-0.3, -0.25) is 14.5 Å². The van der Waals surface area contributed by atoms with Gasteiger partial charge in [0.2, 0.25) is 6.61 Å². The summed E-state index contributed by atoms with van der Waals surface area (Å²) in [6, 6.07) is -0.971. The van der Waals surface area contributed by atoms with Gasteiger partial charge in [0.25, 0.3) is 11.8 Å². The maximum Gasteiger partial charge on any atom is 0.353 e. The molecule has 1 saturated heterocycles. The molecule has 15 heteroatoms. The molecule has 2 atom stereocenters. The largest absolute Gasteiger partial charge is 0.479 e. The Balaban J connectivity index is 1.77. The standard InChI is InChI=1S/C14H13N5O7S3/c1-27-6-4-28-13-9(12(23)19(13)10(6)14(24)25)16-11(22)8(5-2-15-29-18-5)17-26-3-7(20)21/h2,9,13H,3-4H2,1H3,(H,16,22)(H,20,21)(H,24,25)/t9?,13-/m0/s1. The average molecular weight is 459 g/mol. The first-order chi connectivity index (χ1) is 13.8. The van der Waals surface area contributed by atoms with E-state index in [1.807, 2.05) is 0 Å². The number of aliphatic carboxylic acids is 2. The SMILES string of the molecule is CSC1=C(C(=O)O)N2C(=O)C(NC(=O)C(=NOCC(=O)O)c3cnsn3)[C@@H]2SC1. The summed E-state index contributed by atoms with van der Waals surface area (Å²) in [4.78, 5) is 53.6. The second-order valence-electron chi connectivity index (χ2n) is 5.54. The van der Waals surface area contributed by atoms with Crippen molar-refractivity contribution in [3.8, 4) is 0 Å². The number of carboxylic acid groups (broad SMARTS) is 2. The van der Waals surface area contributed by atoms with Gasteiger partial charge in [0.15, 0.2) is 5.71 Å². The van der Waals surface area contributed by atoms with Crippen LogP contribution in [0.4, 0.5) is 0 Å². The second kappa shape index (κ2) is 8.79. The number of nitrogens with one attached hydrogen (secondary N) is 1. The maximum absolute atomic E-state index is 12.6. The number of oxime groups is 1. The zero-order valence-electron chi connectivity index (χ0n) is 14.6. The van der Waals surface area contributed by atoms with Crippen molar-refractivity contribution in [3.63, 3.8) is 0 Å². The summed E-state index contributed by atoms with van der Waals surface area (Å²) in [6.07, 6.45) is 2.97. The van der Waals surface area contributed by atoms with Crippen LogP contribution >= 0.6 is 35.3 Å². The number of nitrogens with zero attached hydrogens (tertiary/aromatic N) is 4. The monoisotopic (exact) mass is 459 g/mol. The number of aromatic nitrogens is 2. The van der Waals surface area contributed by atoms with Gasteiger partial charge < -0.3 is 20.4 Å². The Labute approximate surface area is 175 Å². The zero-order valence-corrected chi connectivity index (χ0v) is 17.0.